The summed E-state index contributed by atoms with van der Waals surface area (Å²) in [6.07, 6.45) is 0.776. The number of hydrogen-bond acceptors (Lipinski definition) is 14. The van der Waals surface area contributed by atoms with Crippen LogP contribution in [0.5, 0.6) is 28.7 Å². The number of nitrogens with one attached hydrogen (secondary N) is 2. The highest BCUT2D eigenvalue weighted by atomic mass is 32.2. The number of likely N-dealkylation sites (N-methyl/N-ethyl adjacent to an activating group) is 1. The number of H-pyrrole nitrogens is 1. The van der Waals surface area contributed by atoms with E-state index in [0.717, 1.165) is 27.6 Å². The standard InChI is InChI=1S/C43H45N5O9S/c1-6-47-17-42(16-44)13-23-11-20(2)35(53-5)34(51)29(23)32(47)33-39-31-30(38-37(55-19-56-38)21(3)36(31)57-22(4)50)28(48(33)42)15-54-41(52)43(18-58-39)40-26(12-24(14-49)46-43)25-9-7-8-10-27(25)45-40/h7-11,24,28,32-33,39,45-46,49,51H,6,12-15,17-19H2,1-5H3/t24-,28+,32?,33-,39-,42?,43-/m1/s1. The Balaban J connectivity index is 1.28. The molecular weight excluding hydrogens is 763 g/mol. The van der Waals surface area contributed by atoms with Gasteiger partial charge in [-0.05, 0) is 49.6 Å². The molecule has 15 heteroatoms. The summed E-state index contributed by atoms with van der Waals surface area (Å²) in [6.45, 7) is 7.60. The van der Waals surface area contributed by atoms with Gasteiger partial charge in [-0.1, -0.05) is 31.2 Å². The molecular formula is C43H45N5O9S. The zero-order chi connectivity index (χ0) is 40.4. The number of methoxy groups -OCH3 is 1. The second-order valence-corrected chi connectivity index (χ2v) is 17.4. The van der Waals surface area contributed by atoms with Crippen molar-refractivity contribution in [2.45, 2.75) is 81.0 Å². The van der Waals surface area contributed by atoms with E-state index in [4.69, 9.17) is 23.7 Å². The minimum Gasteiger partial charge on any atom is -0.504 e. The van der Waals surface area contributed by atoms with Crippen molar-refractivity contribution in [1.29, 1.82) is 5.26 Å². The number of aromatic amines is 1. The van der Waals surface area contributed by atoms with Crippen LogP contribution in [0.4, 0.5) is 0 Å². The van der Waals surface area contributed by atoms with Gasteiger partial charge in [0.2, 0.25) is 6.79 Å². The third-order valence-corrected chi connectivity index (χ3v) is 14.8. The van der Waals surface area contributed by atoms with Crippen molar-refractivity contribution in [2.75, 3.05) is 46.0 Å². The third-order valence-electron chi connectivity index (χ3n) is 13.3. The number of thioether (sulfide) groups is 1. The number of phenols is 1. The van der Waals surface area contributed by atoms with Crippen molar-refractivity contribution in [3.63, 3.8) is 0 Å². The zero-order valence-electron chi connectivity index (χ0n) is 32.9. The highest BCUT2D eigenvalue weighted by molar-refractivity contribution is 7.99. The van der Waals surface area contributed by atoms with Crippen LogP contribution in [0.3, 0.4) is 0 Å². The first-order chi connectivity index (χ1) is 28.0. The number of aliphatic hydroxyl groups excluding tert-OH is 1. The minimum atomic E-state index is -1.43. The van der Waals surface area contributed by atoms with E-state index in [9.17, 15) is 20.3 Å². The smallest absolute Gasteiger partial charge is 0.333 e. The molecule has 58 heavy (non-hydrogen) atoms. The van der Waals surface area contributed by atoms with E-state index in [1.54, 1.807) is 7.11 Å². The number of fused-ring (bicyclic) bond motifs is 8. The first-order valence-corrected chi connectivity index (χ1v) is 20.8. The summed E-state index contributed by atoms with van der Waals surface area (Å²) in [6, 6.07) is 10.4. The first kappa shape index (κ1) is 37.3. The number of aliphatic hydroxyl groups is 1. The van der Waals surface area contributed by atoms with Crippen LogP contribution in [0.15, 0.2) is 30.3 Å². The van der Waals surface area contributed by atoms with Gasteiger partial charge >= 0.3 is 11.9 Å². The number of piperazine rings is 1. The van der Waals surface area contributed by atoms with Gasteiger partial charge < -0.3 is 38.9 Å². The summed E-state index contributed by atoms with van der Waals surface area (Å²) < 4.78 is 31.0. The normalized spacial score (nSPS) is 30.5. The molecule has 0 radical (unpaired) electrons. The fourth-order valence-corrected chi connectivity index (χ4v) is 12.8. The maximum absolute atomic E-state index is 15.1. The summed E-state index contributed by atoms with van der Waals surface area (Å²) in [7, 11) is 1.54. The lowest BCUT2D eigenvalue weighted by molar-refractivity contribution is -0.159. The number of para-hydroxylation sites is 1. The Morgan fingerprint density at radius 1 is 1.14 bits per heavy atom. The van der Waals surface area contributed by atoms with E-state index in [2.05, 4.69) is 33.1 Å². The molecule has 302 valence electrons. The van der Waals surface area contributed by atoms with Crippen LogP contribution in [0.25, 0.3) is 10.9 Å². The summed E-state index contributed by atoms with van der Waals surface area (Å²) in [5, 5.41) is 38.5. The molecule has 1 aromatic heterocycles. The number of phenolic OH excluding ortho intramolecular Hbond substituents is 1. The monoisotopic (exact) mass is 807 g/mol. The number of ether oxygens (including phenoxy) is 5. The molecule has 9 heterocycles. The Kier molecular flexibility index (Phi) is 8.53. The van der Waals surface area contributed by atoms with E-state index in [-0.39, 0.29) is 37.9 Å². The Labute approximate surface area is 339 Å². The lowest BCUT2D eigenvalue weighted by Gasteiger charge is -2.60. The molecule has 1 spiro atoms. The molecule has 0 aliphatic carbocycles. The van der Waals surface area contributed by atoms with E-state index >= 15 is 4.79 Å². The molecule has 14 nitrogen and oxygen atoms in total. The molecule has 0 amide bonds. The lowest BCUT2D eigenvalue weighted by Crippen LogP contribution is -2.70. The Morgan fingerprint density at radius 2 is 1.93 bits per heavy atom. The second-order valence-electron chi connectivity index (χ2n) is 16.3. The third kappa shape index (κ3) is 4.92. The van der Waals surface area contributed by atoms with Crippen LogP contribution in [0, 0.1) is 25.2 Å². The number of aryl methyl sites for hydroxylation is 1. The van der Waals surface area contributed by atoms with Gasteiger partial charge in [0, 0.05) is 70.9 Å². The van der Waals surface area contributed by atoms with Crippen LogP contribution < -0.4 is 24.3 Å². The highest BCUT2D eigenvalue weighted by Gasteiger charge is 2.65. The van der Waals surface area contributed by atoms with Crippen molar-refractivity contribution in [1.82, 2.24) is 20.1 Å². The molecule has 0 saturated carbocycles. The van der Waals surface area contributed by atoms with E-state index in [1.807, 2.05) is 44.2 Å². The quantitative estimate of drug-likeness (QED) is 0.167. The number of benzene rings is 3. The van der Waals surface area contributed by atoms with Crippen molar-refractivity contribution in [3.05, 3.63) is 75.0 Å². The maximum atomic E-state index is 15.1. The number of hydrogen-bond donors (Lipinski definition) is 4. The topological polar surface area (TPSA) is 179 Å². The van der Waals surface area contributed by atoms with Crippen LogP contribution in [-0.4, -0.2) is 101 Å². The predicted molar refractivity (Wildman–Crippen MR) is 212 cm³/mol. The summed E-state index contributed by atoms with van der Waals surface area (Å²) in [4.78, 5) is 36.2. The molecule has 8 aliphatic heterocycles. The SMILES string of the molecule is CCN1CC2(C#N)Cc3cc(C)c(OC)c(O)c3C1[C@@H]1[C@@H]3SC[C@]4(N[C@@H](CO)Cc5c4[nH]c4ccccc54)C(=O)OC[C@@H](c4c5c(c(C)c(OC(C)=O)c43)OCO5)N12. The average Bonchev–Trinajstić information content (AvgIpc) is 3.80. The summed E-state index contributed by atoms with van der Waals surface area (Å²) in [5.41, 5.74) is 4.10. The van der Waals surface area contributed by atoms with Gasteiger partial charge in [0.25, 0.3) is 0 Å². The molecule has 3 unspecified atom stereocenters. The summed E-state index contributed by atoms with van der Waals surface area (Å²) >= 11 is 1.50. The van der Waals surface area contributed by atoms with Gasteiger partial charge in [-0.15, -0.1) is 11.8 Å². The number of aromatic nitrogens is 1. The van der Waals surface area contributed by atoms with Gasteiger partial charge in [-0.25, -0.2) is 4.79 Å². The number of carbonyl (C=O) groups excluding carboxylic acids is 2. The number of carbonyl (C=O) groups is 2. The molecule has 12 rings (SSSR count). The molecule has 2 fully saturated rings. The van der Waals surface area contributed by atoms with Crippen molar-refractivity contribution < 1.29 is 43.5 Å². The fourth-order valence-electron chi connectivity index (χ4n) is 11.1. The number of aromatic hydroxyl groups is 1. The number of esters is 2. The largest absolute Gasteiger partial charge is 0.504 e. The highest BCUT2D eigenvalue weighted by Crippen LogP contribution is 2.66. The van der Waals surface area contributed by atoms with Gasteiger partial charge in [-0.3, -0.25) is 19.9 Å². The molecule has 2 saturated heterocycles. The molecule has 3 aromatic carbocycles. The molecule has 4 bridgehead atoms. The number of nitrogens with zero attached hydrogens (tertiary/aromatic N) is 3. The van der Waals surface area contributed by atoms with E-state index in [1.165, 1.54) is 18.7 Å². The average molecular weight is 808 g/mol. The first-order valence-electron chi connectivity index (χ1n) is 19.8. The van der Waals surface area contributed by atoms with E-state index in [0.29, 0.717) is 70.5 Å². The Morgan fingerprint density at radius 3 is 2.67 bits per heavy atom. The number of rotatable bonds is 4. The van der Waals surface area contributed by atoms with Gasteiger partial charge in [0.1, 0.15) is 17.9 Å². The minimum absolute atomic E-state index is 0.0298. The Bertz CT molecular complexity index is 2480. The zero-order valence-corrected chi connectivity index (χ0v) is 33.7. The molecule has 8 atom stereocenters. The molecule has 4 aromatic rings. The van der Waals surface area contributed by atoms with Crippen molar-refractivity contribution in [3.8, 4) is 34.8 Å². The second kappa shape index (κ2) is 13.3. The molecule has 8 aliphatic rings. The van der Waals surface area contributed by atoms with Crippen LogP contribution >= 0.6 is 11.8 Å². The molecule has 4 N–H and O–H groups in total. The van der Waals surface area contributed by atoms with Crippen LogP contribution in [0.2, 0.25) is 0 Å². The number of nitriles is 1. The van der Waals surface area contributed by atoms with E-state index < -0.39 is 52.4 Å². The summed E-state index contributed by atoms with van der Waals surface area (Å²) in [5.74, 6) is 0.745. The van der Waals surface area contributed by atoms with Crippen LogP contribution in [-0.2, 0) is 32.7 Å². The van der Waals surface area contributed by atoms with Crippen molar-refractivity contribution in [2.24, 2.45) is 0 Å². The fraction of sp³-hybridized carbons (Fsp3) is 0.465. The lowest BCUT2D eigenvalue weighted by atomic mass is 9.76. The maximum Gasteiger partial charge on any atom is 0.333 e. The van der Waals surface area contributed by atoms with Gasteiger partial charge in [-0.2, -0.15) is 5.26 Å². The van der Waals surface area contributed by atoms with Crippen molar-refractivity contribution >= 4 is 34.6 Å². The van der Waals surface area contributed by atoms with Crippen LogP contribution in [0.1, 0.15) is 75.8 Å². The van der Waals surface area contributed by atoms with Gasteiger partial charge in [0.15, 0.2) is 28.5 Å². The van der Waals surface area contributed by atoms with Gasteiger partial charge in [0.05, 0.1) is 42.8 Å². The predicted octanol–water partition coefficient (Wildman–Crippen LogP) is 4.51. The Hall–Kier alpha value is -4.98.